The molecule has 1 rings (SSSR count). The van der Waals surface area contributed by atoms with E-state index in [1.54, 1.807) is 0 Å². The number of carbonyl (C=O) groups excluding carboxylic acids is 1. The van der Waals surface area contributed by atoms with Crippen molar-refractivity contribution in [3.63, 3.8) is 0 Å². The number of carboxylic acid groups (broad SMARTS) is 1. The van der Waals surface area contributed by atoms with Crippen LogP contribution in [-0.2, 0) is 25.7 Å². The minimum Gasteiger partial charge on any atom is -0.479 e. The van der Waals surface area contributed by atoms with Crippen LogP contribution in [0.3, 0.4) is 0 Å². The molecule has 2 unspecified atom stereocenters. The van der Waals surface area contributed by atoms with Gasteiger partial charge in [-0.25, -0.2) is 4.79 Å². The highest BCUT2D eigenvalue weighted by Crippen LogP contribution is 2.16. The average Bonchev–Trinajstić information content (AvgIpc) is 2.78. The highest BCUT2D eigenvalue weighted by molar-refractivity contribution is 5.72. The quantitative estimate of drug-likeness (QED) is 0.171. The first kappa shape index (κ1) is 28.2. The van der Waals surface area contributed by atoms with Crippen LogP contribution in [0.5, 0.6) is 0 Å². The lowest BCUT2D eigenvalue weighted by molar-refractivity contribution is -0.152. The molecule has 0 aliphatic rings. The van der Waals surface area contributed by atoms with E-state index in [1.807, 2.05) is 30.3 Å². The lowest BCUT2D eigenvalue weighted by Crippen LogP contribution is -2.23. The van der Waals surface area contributed by atoms with E-state index in [2.05, 4.69) is 6.92 Å². The maximum Gasteiger partial charge on any atom is 0.332 e. The Kier molecular flexibility index (Phi) is 16.4. The second-order valence-electron chi connectivity index (χ2n) is 8.73. The Bertz CT molecular complexity index is 601. The van der Waals surface area contributed by atoms with Crippen LogP contribution in [0.15, 0.2) is 30.3 Å². The van der Waals surface area contributed by atoms with Gasteiger partial charge >= 0.3 is 11.9 Å². The molecule has 0 aliphatic heterocycles. The van der Waals surface area contributed by atoms with E-state index in [-0.39, 0.29) is 12.1 Å². The van der Waals surface area contributed by atoms with Crippen LogP contribution in [0.25, 0.3) is 0 Å². The van der Waals surface area contributed by atoms with Crippen LogP contribution in [0, 0.1) is 0 Å². The molecule has 0 saturated carbocycles. The van der Waals surface area contributed by atoms with Crippen molar-refractivity contribution in [2.45, 2.75) is 123 Å². The van der Waals surface area contributed by atoms with E-state index in [4.69, 9.17) is 9.47 Å². The Hall–Kier alpha value is -1.88. The Morgan fingerprint density at radius 1 is 0.812 bits per heavy atom. The molecule has 0 heterocycles. The van der Waals surface area contributed by atoms with Gasteiger partial charge in [0, 0.05) is 6.92 Å². The van der Waals surface area contributed by atoms with E-state index < -0.39 is 12.1 Å². The Morgan fingerprint density at radius 3 is 1.78 bits per heavy atom. The van der Waals surface area contributed by atoms with Crippen LogP contribution in [0.1, 0.15) is 109 Å². The molecule has 1 aromatic rings. The van der Waals surface area contributed by atoms with E-state index >= 15 is 0 Å². The number of hydrogen-bond donors (Lipinski definition) is 1. The molecular weight excluding hydrogens is 404 g/mol. The molecule has 0 amide bonds. The molecule has 1 N–H and O–H groups in total. The zero-order valence-electron chi connectivity index (χ0n) is 20.2. The molecule has 5 heteroatoms. The van der Waals surface area contributed by atoms with Gasteiger partial charge in [-0.05, 0) is 31.2 Å². The van der Waals surface area contributed by atoms with Crippen molar-refractivity contribution >= 4 is 11.9 Å². The van der Waals surface area contributed by atoms with Gasteiger partial charge in [0.25, 0.3) is 0 Å². The maximum atomic E-state index is 11.4. The zero-order valence-corrected chi connectivity index (χ0v) is 20.2. The fourth-order valence-corrected chi connectivity index (χ4v) is 3.92. The summed E-state index contributed by atoms with van der Waals surface area (Å²) in [7, 11) is 0. The number of hydrogen-bond acceptors (Lipinski definition) is 4. The lowest BCUT2D eigenvalue weighted by atomic mass is 10.0. The van der Waals surface area contributed by atoms with Gasteiger partial charge < -0.3 is 14.6 Å². The minimum absolute atomic E-state index is 0.0914. The van der Waals surface area contributed by atoms with Gasteiger partial charge in [0.05, 0.1) is 6.61 Å². The summed E-state index contributed by atoms with van der Waals surface area (Å²) in [5.41, 5.74) is 1.01. The van der Waals surface area contributed by atoms with E-state index in [0.29, 0.717) is 13.0 Å². The average molecular weight is 449 g/mol. The van der Waals surface area contributed by atoms with Crippen LogP contribution >= 0.6 is 0 Å². The third kappa shape index (κ3) is 15.0. The number of carbonyl (C=O) groups is 2. The normalized spacial score (nSPS) is 12.9. The monoisotopic (exact) mass is 448 g/mol. The van der Waals surface area contributed by atoms with Gasteiger partial charge in [-0.2, -0.15) is 0 Å². The summed E-state index contributed by atoms with van der Waals surface area (Å²) in [6.07, 6.45) is 14.9. The lowest BCUT2D eigenvalue weighted by Gasteiger charge is -2.14. The number of unbranched alkanes of at least 4 members (excludes halogenated alkanes) is 10. The van der Waals surface area contributed by atoms with Crippen LogP contribution in [0.2, 0.25) is 0 Å². The number of rotatable bonds is 20. The fraction of sp³-hybridized carbons (Fsp3) is 0.704. The Morgan fingerprint density at radius 2 is 1.31 bits per heavy atom. The summed E-state index contributed by atoms with van der Waals surface area (Å²) >= 11 is 0. The summed E-state index contributed by atoms with van der Waals surface area (Å²) in [6, 6.07) is 9.71. The molecule has 0 radical (unpaired) electrons. The predicted molar refractivity (Wildman–Crippen MR) is 129 cm³/mol. The van der Waals surface area contributed by atoms with Crippen molar-refractivity contribution < 1.29 is 24.2 Å². The van der Waals surface area contributed by atoms with E-state index in [9.17, 15) is 14.7 Å². The number of esters is 1. The van der Waals surface area contributed by atoms with Gasteiger partial charge in [0.2, 0.25) is 0 Å². The van der Waals surface area contributed by atoms with E-state index in [0.717, 1.165) is 37.7 Å². The summed E-state index contributed by atoms with van der Waals surface area (Å²) in [4.78, 5) is 22.4. The largest absolute Gasteiger partial charge is 0.479 e. The SMILES string of the molecule is CCC(CCCCCCCCCCCCCC(OCc1ccccc1)C(=O)O)OC(C)=O. The van der Waals surface area contributed by atoms with Crippen molar-refractivity contribution in [1.82, 2.24) is 0 Å². The molecule has 0 aliphatic carbocycles. The summed E-state index contributed by atoms with van der Waals surface area (Å²) < 4.78 is 10.9. The first-order valence-electron chi connectivity index (χ1n) is 12.6. The van der Waals surface area contributed by atoms with Gasteiger partial charge in [-0.15, -0.1) is 0 Å². The Labute approximate surface area is 194 Å². The molecule has 32 heavy (non-hydrogen) atoms. The molecule has 0 aromatic heterocycles. The van der Waals surface area contributed by atoms with Crippen molar-refractivity contribution in [3.05, 3.63) is 35.9 Å². The zero-order chi connectivity index (χ0) is 23.4. The summed E-state index contributed by atoms with van der Waals surface area (Å²) in [5.74, 6) is -1.03. The summed E-state index contributed by atoms with van der Waals surface area (Å²) in [5, 5.41) is 9.36. The smallest absolute Gasteiger partial charge is 0.332 e. The molecule has 2 atom stereocenters. The molecule has 182 valence electrons. The predicted octanol–water partition coefficient (Wildman–Crippen LogP) is 7.07. The van der Waals surface area contributed by atoms with Crippen LogP contribution < -0.4 is 0 Å². The third-order valence-corrected chi connectivity index (χ3v) is 5.85. The van der Waals surface area contributed by atoms with Gasteiger partial charge in [-0.3, -0.25) is 4.79 Å². The first-order chi connectivity index (χ1) is 15.5. The molecule has 0 saturated heterocycles. The molecule has 5 nitrogen and oxygen atoms in total. The minimum atomic E-state index is -0.863. The van der Waals surface area contributed by atoms with Gasteiger partial charge in [0.15, 0.2) is 6.10 Å². The van der Waals surface area contributed by atoms with Gasteiger partial charge in [-0.1, -0.05) is 101 Å². The number of benzene rings is 1. The Balaban J connectivity index is 1.93. The number of carboxylic acids is 1. The second-order valence-corrected chi connectivity index (χ2v) is 8.73. The van der Waals surface area contributed by atoms with Gasteiger partial charge in [0.1, 0.15) is 6.10 Å². The highest BCUT2D eigenvalue weighted by atomic mass is 16.5. The molecular formula is C27H44O5. The second kappa shape index (κ2) is 18.7. The summed E-state index contributed by atoms with van der Waals surface area (Å²) in [6.45, 7) is 3.90. The third-order valence-electron chi connectivity index (χ3n) is 5.85. The van der Waals surface area contributed by atoms with E-state index in [1.165, 1.54) is 58.3 Å². The van der Waals surface area contributed by atoms with Crippen molar-refractivity contribution in [2.24, 2.45) is 0 Å². The topological polar surface area (TPSA) is 72.8 Å². The highest BCUT2D eigenvalue weighted by Gasteiger charge is 2.17. The van der Waals surface area contributed by atoms with Crippen molar-refractivity contribution in [2.75, 3.05) is 0 Å². The van der Waals surface area contributed by atoms with Crippen molar-refractivity contribution in [1.29, 1.82) is 0 Å². The maximum absolute atomic E-state index is 11.4. The number of ether oxygens (including phenoxy) is 2. The first-order valence-corrected chi connectivity index (χ1v) is 12.6. The molecule has 1 aromatic carbocycles. The fourth-order valence-electron chi connectivity index (χ4n) is 3.92. The van der Waals surface area contributed by atoms with Crippen LogP contribution in [0.4, 0.5) is 0 Å². The van der Waals surface area contributed by atoms with Crippen LogP contribution in [-0.4, -0.2) is 29.3 Å². The molecule has 0 spiro atoms. The van der Waals surface area contributed by atoms with Crippen molar-refractivity contribution in [3.8, 4) is 0 Å². The standard InChI is InChI=1S/C27H44O5/c1-3-25(32-23(2)28)20-16-11-9-7-5-4-6-8-10-12-17-21-26(27(29)30)31-22-24-18-14-13-15-19-24/h13-15,18-19,25-26H,3-12,16-17,20-22H2,1-2H3,(H,29,30). The molecule has 0 bridgehead atoms. The molecule has 0 fully saturated rings. The number of aliphatic carboxylic acids is 1.